The number of fused-ring (bicyclic) bond motifs is 2. The van der Waals surface area contributed by atoms with E-state index in [9.17, 15) is 5.11 Å². The Hall–Kier alpha value is -2.24. The Balaban J connectivity index is 1.28. The number of hydrogen-bond donors (Lipinski definition) is 2. The molecule has 2 aromatic carbocycles. The molecule has 0 aliphatic carbocycles. The maximum atomic E-state index is 10.3. The molecule has 23 heavy (non-hydrogen) atoms. The molecule has 5 nitrogen and oxygen atoms in total. The van der Waals surface area contributed by atoms with E-state index in [0.717, 1.165) is 23.5 Å². The summed E-state index contributed by atoms with van der Waals surface area (Å²) in [7, 11) is 0. The fourth-order valence-electron chi connectivity index (χ4n) is 2.99. The van der Waals surface area contributed by atoms with E-state index in [4.69, 9.17) is 14.2 Å². The third-order valence-corrected chi connectivity index (χ3v) is 4.20. The van der Waals surface area contributed by atoms with Crippen molar-refractivity contribution in [3.8, 4) is 17.2 Å². The fraction of sp³-hybridized carbons (Fsp3) is 0.333. The zero-order valence-electron chi connectivity index (χ0n) is 12.7. The summed E-state index contributed by atoms with van der Waals surface area (Å²) < 4.78 is 16.5. The average molecular weight is 313 g/mol. The predicted molar refractivity (Wildman–Crippen MR) is 85.0 cm³/mol. The second kappa shape index (κ2) is 6.10. The standard InChI is InChI=1S/C18H19NO4/c20-15(12-5-6-17-18(8-12)22-11-21-17)10-19-9-14-7-13-3-1-2-4-16(13)23-14/h1-6,8,14-15,19-20H,7,9-11H2/t14-,15-/m0/s1. The number of benzene rings is 2. The van der Waals surface area contributed by atoms with E-state index in [1.165, 1.54) is 5.56 Å². The van der Waals surface area contributed by atoms with Gasteiger partial charge in [0.05, 0.1) is 6.10 Å². The Bertz CT molecular complexity index is 678. The van der Waals surface area contributed by atoms with Gasteiger partial charge in [-0.25, -0.2) is 0 Å². The van der Waals surface area contributed by atoms with Crippen LogP contribution < -0.4 is 19.5 Å². The van der Waals surface area contributed by atoms with Gasteiger partial charge in [-0.2, -0.15) is 0 Å². The smallest absolute Gasteiger partial charge is 0.231 e. The van der Waals surface area contributed by atoms with Gasteiger partial charge in [-0.3, -0.25) is 0 Å². The van der Waals surface area contributed by atoms with Crippen molar-refractivity contribution in [3.63, 3.8) is 0 Å². The summed E-state index contributed by atoms with van der Waals surface area (Å²) in [6, 6.07) is 13.6. The van der Waals surface area contributed by atoms with Crippen molar-refractivity contribution in [1.82, 2.24) is 5.32 Å². The van der Waals surface area contributed by atoms with Crippen molar-refractivity contribution in [2.24, 2.45) is 0 Å². The molecule has 5 heteroatoms. The maximum Gasteiger partial charge on any atom is 0.231 e. The number of aliphatic hydroxyl groups is 1. The van der Waals surface area contributed by atoms with Crippen LogP contribution in [0.2, 0.25) is 0 Å². The van der Waals surface area contributed by atoms with Crippen molar-refractivity contribution in [2.45, 2.75) is 18.6 Å². The minimum atomic E-state index is -0.590. The van der Waals surface area contributed by atoms with E-state index in [1.807, 2.05) is 36.4 Å². The highest BCUT2D eigenvalue weighted by atomic mass is 16.7. The number of rotatable bonds is 5. The van der Waals surface area contributed by atoms with E-state index in [-0.39, 0.29) is 12.9 Å². The molecular weight excluding hydrogens is 294 g/mol. The number of hydrogen-bond acceptors (Lipinski definition) is 5. The van der Waals surface area contributed by atoms with E-state index in [2.05, 4.69) is 11.4 Å². The summed E-state index contributed by atoms with van der Waals surface area (Å²) in [6.07, 6.45) is 0.438. The van der Waals surface area contributed by atoms with Gasteiger partial charge in [0.2, 0.25) is 6.79 Å². The van der Waals surface area contributed by atoms with Crippen molar-refractivity contribution < 1.29 is 19.3 Å². The van der Waals surface area contributed by atoms with Gasteiger partial charge in [0.1, 0.15) is 11.9 Å². The maximum absolute atomic E-state index is 10.3. The molecule has 2 aromatic rings. The Labute approximate surface area is 134 Å². The zero-order chi connectivity index (χ0) is 15.6. The molecule has 0 saturated carbocycles. The van der Waals surface area contributed by atoms with Gasteiger partial charge in [-0.15, -0.1) is 0 Å². The quantitative estimate of drug-likeness (QED) is 0.884. The number of nitrogens with one attached hydrogen (secondary N) is 1. The van der Waals surface area contributed by atoms with Crippen molar-refractivity contribution in [2.75, 3.05) is 19.9 Å². The lowest BCUT2D eigenvalue weighted by Gasteiger charge is -2.15. The van der Waals surface area contributed by atoms with Crippen LogP contribution in [-0.4, -0.2) is 31.1 Å². The topological polar surface area (TPSA) is 60.0 Å². The van der Waals surface area contributed by atoms with Crippen LogP contribution in [0.3, 0.4) is 0 Å². The first-order valence-corrected chi connectivity index (χ1v) is 7.82. The van der Waals surface area contributed by atoms with E-state index in [0.29, 0.717) is 18.8 Å². The lowest BCUT2D eigenvalue weighted by molar-refractivity contribution is 0.162. The Morgan fingerprint density at radius 2 is 1.96 bits per heavy atom. The number of para-hydroxylation sites is 1. The molecule has 120 valence electrons. The minimum absolute atomic E-state index is 0.122. The summed E-state index contributed by atoms with van der Waals surface area (Å²) >= 11 is 0. The van der Waals surface area contributed by atoms with Crippen molar-refractivity contribution in [1.29, 1.82) is 0 Å². The van der Waals surface area contributed by atoms with Crippen LogP contribution in [0.15, 0.2) is 42.5 Å². The first-order valence-electron chi connectivity index (χ1n) is 7.82. The van der Waals surface area contributed by atoms with Gasteiger partial charge < -0.3 is 24.6 Å². The van der Waals surface area contributed by atoms with E-state index >= 15 is 0 Å². The van der Waals surface area contributed by atoms with Crippen LogP contribution in [0.25, 0.3) is 0 Å². The molecule has 2 heterocycles. The van der Waals surface area contributed by atoms with E-state index < -0.39 is 6.10 Å². The molecule has 2 aliphatic rings. The molecule has 0 unspecified atom stereocenters. The number of ether oxygens (including phenoxy) is 3. The normalized spacial score (nSPS) is 19.3. The summed E-state index contributed by atoms with van der Waals surface area (Å²) in [5.41, 5.74) is 2.06. The van der Waals surface area contributed by atoms with Crippen LogP contribution in [0.5, 0.6) is 17.2 Å². The van der Waals surface area contributed by atoms with Gasteiger partial charge in [0.15, 0.2) is 11.5 Å². The Kier molecular flexibility index (Phi) is 3.81. The van der Waals surface area contributed by atoms with E-state index in [1.54, 1.807) is 0 Å². The fourth-order valence-corrected chi connectivity index (χ4v) is 2.99. The third-order valence-electron chi connectivity index (χ3n) is 4.20. The van der Waals surface area contributed by atoms with Gasteiger partial charge in [0.25, 0.3) is 0 Å². The second-order valence-electron chi connectivity index (χ2n) is 5.84. The van der Waals surface area contributed by atoms with Gasteiger partial charge in [-0.05, 0) is 29.3 Å². The molecular formula is C18H19NO4. The highest BCUT2D eigenvalue weighted by molar-refractivity contribution is 5.45. The summed E-state index contributed by atoms with van der Waals surface area (Å²) in [6.45, 7) is 1.42. The SMILES string of the molecule is O[C@@H](CNC[C@@H]1Cc2ccccc2O1)c1ccc2c(c1)OCO2. The van der Waals surface area contributed by atoms with Crippen LogP contribution in [0.1, 0.15) is 17.2 Å². The van der Waals surface area contributed by atoms with Crippen LogP contribution in [0.4, 0.5) is 0 Å². The Morgan fingerprint density at radius 1 is 1.09 bits per heavy atom. The minimum Gasteiger partial charge on any atom is -0.488 e. The molecule has 0 aromatic heterocycles. The summed E-state index contributed by atoms with van der Waals surface area (Å²) in [4.78, 5) is 0. The monoisotopic (exact) mass is 313 g/mol. The molecule has 0 saturated heterocycles. The largest absolute Gasteiger partial charge is 0.488 e. The van der Waals surface area contributed by atoms with Gasteiger partial charge in [-0.1, -0.05) is 24.3 Å². The molecule has 4 rings (SSSR count). The average Bonchev–Trinajstić information content (AvgIpc) is 3.19. The van der Waals surface area contributed by atoms with Gasteiger partial charge in [0, 0.05) is 19.5 Å². The third kappa shape index (κ3) is 2.98. The Morgan fingerprint density at radius 3 is 2.87 bits per heavy atom. The molecule has 2 aliphatic heterocycles. The zero-order valence-corrected chi connectivity index (χ0v) is 12.7. The lowest BCUT2D eigenvalue weighted by Crippen LogP contribution is -2.32. The molecule has 2 atom stereocenters. The molecule has 0 spiro atoms. The van der Waals surface area contributed by atoms with Crippen LogP contribution >= 0.6 is 0 Å². The van der Waals surface area contributed by atoms with Crippen molar-refractivity contribution in [3.05, 3.63) is 53.6 Å². The summed E-state index contributed by atoms with van der Waals surface area (Å²) in [5, 5.41) is 13.6. The molecule has 2 N–H and O–H groups in total. The predicted octanol–water partition coefficient (Wildman–Crippen LogP) is 2.04. The first-order chi connectivity index (χ1) is 11.3. The van der Waals surface area contributed by atoms with Crippen LogP contribution in [-0.2, 0) is 6.42 Å². The van der Waals surface area contributed by atoms with Crippen LogP contribution in [0, 0.1) is 0 Å². The number of aliphatic hydroxyl groups excluding tert-OH is 1. The molecule has 0 radical (unpaired) electrons. The summed E-state index contributed by atoms with van der Waals surface area (Å²) in [5.74, 6) is 2.39. The van der Waals surface area contributed by atoms with Crippen molar-refractivity contribution >= 4 is 0 Å². The highest BCUT2D eigenvalue weighted by Gasteiger charge is 2.22. The molecule has 0 bridgehead atoms. The first kappa shape index (κ1) is 14.4. The van der Waals surface area contributed by atoms with Gasteiger partial charge >= 0.3 is 0 Å². The lowest BCUT2D eigenvalue weighted by atomic mass is 10.1. The highest BCUT2D eigenvalue weighted by Crippen LogP contribution is 2.34. The molecule has 0 fully saturated rings. The second-order valence-corrected chi connectivity index (χ2v) is 5.84. The molecule has 0 amide bonds.